The van der Waals surface area contributed by atoms with Gasteiger partial charge >= 0.3 is 0 Å². The van der Waals surface area contributed by atoms with Crippen molar-refractivity contribution in [3.05, 3.63) is 51.7 Å². The van der Waals surface area contributed by atoms with Crippen molar-refractivity contribution < 1.29 is 5.21 Å². The van der Waals surface area contributed by atoms with Gasteiger partial charge in [-0.3, -0.25) is 0 Å². The van der Waals surface area contributed by atoms with Gasteiger partial charge in [0.2, 0.25) is 0 Å². The summed E-state index contributed by atoms with van der Waals surface area (Å²) in [6.07, 6.45) is 1.05. The van der Waals surface area contributed by atoms with Crippen LogP contribution in [0.15, 0.2) is 40.9 Å². The molecule has 0 saturated heterocycles. The lowest BCUT2D eigenvalue weighted by molar-refractivity contribution is 0.318. The minimum atomic E-state index is 0.159. The maximum atomic E-state index is 8.88. The number of fused-ring (bicyclic) bond motifs is 1. The summed E-state index contributed by atoms with van der Waals surface area (Å²) in [5.41, 5.74) is 8.94. The molecule has 1 aromatic heterocycles. The highest BCUT2D eigenvalue weighted by Gasteiger charge is 2.20. The molecule has 3 rings (SSSR count). The summed E-state index contributed by atoms with van der Waals surface area (Å²) in [6, 6.07) is 9.96. The first-order chi connectivity index (χ1) is 9.29. The quantitative estimate of drug-likeness (QED) is 0.382. The second kappa shape index (κ2) is 4.93. The molecule has 0 radical (unpaired) electrons. The molecule has 0 fully saturated rings. The molecule has 1 aliphatic heterocycles. The zero-order chi connectivity index (χ0) is 13.2. The molecule has 0 amide bonds. The van der Waals surface area contributed by atoms with Crippen molar-refractivity contribution in [2.75, 3.05) is 11.4 Å². The standard InChI is InChI=1S/C14H15N3OS/c15-14(16-18)11-3-1-2-4-12(11)17-7-5-13-10(9-17)6-8-19-13/h1-4,6,8,18H,5,7,9H2,(H2,15,16). The summed E-state index contributed by atoms with van der Waals surface area (Å²) in [5, 5.41) is 14.1. The number of rotatable bonds is 2. The number of amidine groups is 1. The number of oxime groups is 1. The maximum absolute atomic E-state index is 8.88. The Kier molecular flexibility index (Phi) is 3.13. The Hall–Kier alpha value is -2.01. The van der Waals surface area contributed by atoms with Crippen molar-refractivity contribution in [1.29, 1.82) is 0 Å². The molecule has 1 aromatic carbocycles. The fourth-order valence-electron chi connectivity index (χ4n) is 2.47. The van der Waals surface area contributed by atoms with E-state index in [1.54, 1.807) is 0 Å². The number of anilines is 1. The zero-order valence-electron chi connectivity index (χ0n) is 10.4. The highest BCUT2D eigenvalue weighted by Crippen LogP contribution is 2.29. The smallest absolute Gasteiger partial charge is 0.172 e. The molecule has 19 heavy (non-hydrogen) atoms. The average molecular weight is 273 g/mol. The molecular weight excluding hydrogens is 258 g/mol. The minimum Gasteiger partial charge on any atom is -0.409 e. The van der Waals surface area contributed by atoms with Crippen molar-refractivity contribution in [2.24, 2.45) is 10.9 Å². The summed E-state index contributed by atoms with van der Waals surface area (Å²) in [4.78, 5) is 3.75. The van der Waals surface area contributed by atoms with Crippen molar-refractivity contribution in [3.63, 3.8) is 0 Å². The van der Waals surface area contributed by atoms with E-state index in [9.17, 15) is 0 Å². The number of benzene rings is 1. The number of nitrogens with two attached hydrogens (primary N) is 1. The van der Waals surface area contributed by atoms with Gasteiger partial charge in [-0.2, -0.15) is 0 Å². The normalized spacial score (nSPS) is 15.4. The van der Waals surface area contributed by atoms with E-state index in [-0.39, 0.29) is 5.84 Å². The van der Waals surface area contributed by atoms with Crippen LogP contribution in [0.3, 0.4) is 0 Å². The lowest BCUT2D eigenvalue weighted by atomic mass is 10.1. The fourth-order valence-corrected chi connectivity index (χ4v) is 3.36. The molecule has 0 atom stereocenters. The summed E-state index contributed by atoms with van der Waals surface area (Å²) in [7, 11) is 0. The first-order valence-electron chi connectivity index (χ1n) is 6.16. The van der Waals surface area contributed by atoms with E-state index >= 15 is 0 Å². The van der Waals surface area contributed by atoms with Gasteiger partial charge < -0.3 is 15.8 Å². The van der Waals surface area contributed by atoms with Crippen molar-refractivity contribution in [3.8, 4) is 0 Å². The van der Waals surface area contributed by atoms with Crippen molar-refractivity contribution >= 4 is 22.9 Å². The largest absolute Gasteiger partial charge is 0.409 e. The summed E-state index contributed by atoms with van der Waals surface area (Å²) in [5.74, 6) is 0.159. The van der Waals surface area contributed by atoms with E-state index in [1.807, 2.05) is 35.6 Å². The van der Waals surface area contributed by atoms with Crippen LogP contribution in [-0.4, -0.2) is 17.6 Å². The zero-order valence-corrected chi connectivity index (χ0v) is 11.2. The first kappa shape index (κ1) is 12.0. The highest BCUT2D eigenvalue weighted by molar-refractivity contribution is 7.10. The molecule has 5 heteroatoms. The van der Waals surface area contributed by atoms with Crippen LogP contribution in [0, 0.1) is 0 Å². The van der Waals surface area contributed by atoms with Crippen LogP contribution in [0.1, 0.15) is 16.0 Å². The summed E-state index contributed by atoms with van der Waals surface area (Å²) < 4.78 is 0. The molecule has 0 aliphatic carbocycles. The van der Waals surface area contributed by atoms with Gasteiger partial charge in [0.25, 0.3) is 0 Å². The van der Waals surface area contributed by atoms with Gasteiger partial charge in [0.05, 0.1) is 0 Å². The van der Waals surface area contributed by atoms with Crippen molar-refractivity contribution in [1.82, 2.24) is 0 Å². The minimum absolute atomic E-state index is 0.159. The Morgan fingerprint density at radius 1 is 1.32 bits per heavy atom. The van der Waals surface area contributed by atoms with E-state index in [2.05, 4.69) is 21.5 Å². The lowest BCUT2D eigenvalue weighted by Crippen LogP contribution is -2.31. The molecule has 98 valence electrons. The van der Waals surface area contributed by atoms with Crippen LogP contribution < -0.4 is 10.6 Å². The van der Waals surface area contributed by atoms with Gasteiger partial charge in [-0.05, 0) is 35.6 Å². The number of hydrogen-bond acceptors (Lipinski definition) is 4. The molecular formula is C14H15N3OS. The summed E-state index contributed by atoms with van der Waals surface area (Å²) >= 11 is 1.82. The van der Waals surface area contributed by atoms with Gasteiger partial charge in [0, 0.05) is 29.2 Å². The summed E-state index contributed by atoms with van der Waals surface area (Å²) in [6.45, 7) is 1.85. The van der Waals surface area contributed by atoms with Gasteiger partial charge in [-0.25, -0.2) is 0 Å². The van der Waals surface area contributed by atoms with Gasteiger partial charge in [-0.1, -0.05) is 17.3 Å². The molecule has 0 bridgehead atoms. The van der Waals surface area contributed by atoms with Crippen LogP contribution in [0.25, 0.3) is 0 Å². The average Bonchev–Trinajstić information content (AvgIpc) is 2.93. The van der Waals surface area contributed by atoms with Gasteiger partial charge in [0.15, 0.2) is 5.84 Å². The topological polar surface area (TPSA) is 61.9 Å². The van der Waals surface area contributed by atoms with Crippen LogP contribution in [0.4, 0.5) is 5.69 Å². The highest BCUT2D eigenvalue weighted by atomic mass is 32.1. The third kappa shape index (κ3) is 2.17. The second-order valence-corrected chi connectivity index (χ2v) is 5.54. The van der Waals surface area contributed by atoms with Crippen LogP contribution >= 0.6 is 11.3 Å². The number of para-hydroxylation sites is 1. The lowest BCUT2D eigenvalue weighted by Gasteiger charge is -2.30. The third-order valence-corrected chi connectivity index (χ3v) is 4.46. The van der Waals surface area contributed by atoms with Gasteiger partial charge in [-0.15, -0.1) is 11.3 Å². The molecule has 0 unspecified atom stereocenters. The Morgan fingerprint density at radius 2 is 2.16 bits per heavy atom. The molecule has 2 heterocycles. The number of thiophene rings is 1. The molecule has 4 nitrogen and oxygen atoms in total. The molecule has 3 N–H and O–H groups in total. The van der Waals surface area contributed by atoms with E-state index in [4.69, 9.17) is 10.9 Å². The predicted molar refractivity (Wildman–Crippen MR) is 78.0 cm³/mol. The van der Waals surface area contributed by atoms with Crippen LogP contribution in [-0.2, 0) is 13.0 Å². The van der Waals surface area contributed by atoms with E-state index in [0.29, 0.717) is 0 Å². The Labute approximate surface area is 115 Å². The number of hydrogen-bond donors (Lipinski definition) is 2. The molecule has 1 aliphatic rings. The van der Waals surface area contributed by atoms with E-state index in [1.165, 1.54) is 10.4 Å². The second-order valence-electron chi connectivity index (χ2n) is 4.54. The van der Waals surface area contributed by atoms with Crippen LogP contribution in [0.5, 0.6) is 0 Å². The monoisotopic (exact) mass is 273 g/mol. The van der Waals surface area contributed by atoms with Crippen LogP contribution in [0.2, 0.25) is 0 Å². The Morgan fingerprint density at radius 3 is 3.00 bits per heavy atom. The van der Waals surface area contributed by atoms with Gasteiger partial charge in [0.1, 0.15) is 0 Å². The third-order valence-electron chi connectivity index (χ3n) is 3.44. The molecule has 0 saturated carbocycles. The van der Waals surface area contributed by atoms with E-state index < -0.39 is 0 Å². The van der Waals surface area contributed by atoms with E-state index in [0.717, 1.165) is 30.8 Å². The molecule has 0 spiro atoms. The van der Waals surface area contributed by atoms with Crippen molar-refractivity contribution in [2.45, 2.75) is 13.0 Å². The SMILES string of the molecule is N/C(=N\O)c1ccccc1N1CCc2sccc2C1. The molecule has 2 aromatic rings. The first-order valence-corrected chi connectivity index (χ1v) is 7.04. The Balaban J connectivity index is 1.96. The Bertz CT molecular complexity index is 621. The fraction of sp³-hybridized carbons (Fsp3) is 0.214. The predicted octanol–water partition coefficient (Wildman–Crippen LogP) is 2.41. The number of nitrogens with zero attached hydrogens (tertiary/aromatic N) is 2. The maximum Gasteiger partial charge on any atom is 0.172 e.